The Morgan fingerprint density at radius 2 is 1.60 bits per heavy atom. The summed E-state index contributed by atoms with van der Waals surface area (Å²) in [4.78, 5) is 5.19. The van der Waals surface area contributed by atoms with E-state index in [1.54, 1.807) is 0 Å². The zero-order valence-corrected chi connectivity index (χ0v) is 14.6. The molecule has 25 heavy (non-hydrogen) atoms. The van der Waals surface area contributed by atoms with Crippen LogP contribution in [-0.2, 0) is 13.1 Å². The molecule has 2 saturated heterocycles. The van der Waals surface area contributed by atoms with E-state index in [0.29, 0.717) is 12.5 Å². The van der Waals surface area contributed by atoms with Crippen LogP contribution in [0.5, 0.6) is 0 Å². The summed E-state index contributed by atoms with van der Waals surface area (Å²) in [6, 6.07) is 24.5. The molecule has 128 valence electrons. The molecule has 2 aromatic rings. The molecule has 0 aromatic heterocycles. The Labute approximate surface area is 150 Å². The Balaban J connectivity index is 1.54. The van der Waals surface area contributed by atoms with Gasteiger partial charge >= 0.3 is 0 Å². The summed E-state index contributed by atoms with van der Waals surface area (Å²) in [5, 5.41) is 9.50. The topological polar surface area (TPSA) is 30.3 Å². The minimum Gasteiger partial charge on any atom is -0.296 e. The molecular weight excluding hydrogens is 306 g/mol. The van der Waals surface area contributed by atoms with Gasteiger partial charge < -0.3 is 0 Å². The third-order valence-electron chi connectivity index (χ3n) is 5.83. The highest BCUT2D eigenvalue weighted by Crippen LogP contribution is 2.42. The standard InChI is InChI=1S/C22H25N3/c23-14-13-22-12-11-21(25(22)16-20-9-5-2-6-10-20)17-24(18-22)15-19-7-3-1-4-8-19/h1-10,21H,11-13,15-18H2. The van der Waals surface area contributed by atoms with Gasteiger partial charge in [0.15, 0.2) is 0 Å². The number of nitriles is 1. The van der Waals surface area contributed by atoms with Crippen molar-refractivity contribution in [1.82, 2.24) is 9.80 Å². The van der Waals surface area contributed by atoms with Crippen LogP contribution in [0.15, 0.2) is 60.7 Å². The minimum atomic E-state index is 0.0162. The molecule has 0 spiro atoms. The Morgan fingerprint density at radius 3 is 2.24 bits per heavy atom. The summed E-state index contributed by atoms with van der Waals surface area (Å²) in [5.74, 6) is 0. The lowest BCUT2D eigenvalue weighted by atomic mass is 9.90. The first kappa shape index (κ1) is 16.3. The lowest BCUT2D eigenvalue weighted by molar-refractivity contribution is -0.00733. The van der Waals surface area contributed by atoms with Crippen molar-refractivity contribution in [3.8, 4) is 6.07 Å². The van der Waals surface area contributed by atoms with E-state index in [2.05, 4.69) is 76.5 Å². The fourth-order valence-corrected chi connectivity index (χ4v) is 4.69. The van der Waals surface area contributed by atoms with Gasteiger partial charge in [0.1, 0.15) is 0 Å². The maximum absolute atomic E-state index is 9.50. The maximum Gasteiger partial charge on any atom is 0.0641 e. The van der Waals surface area contributed by atoms with E-state index in [0.717, 1.165) is 32.6 Å². The number of benzene rings is 2. The lowest BCUT2D eigenvalue weighted by Gasteiger charge is -2.48. The van der Waals surface area contributed by atoms with Crippen LogP contribution >= 0.6 is 0 Å². The SMILES string of the molecule is N#CCC12CCC(CN(Cc3ccccc3)C1)N2Cc1ccccc1. The molecule has 2 unspecified atom stereocenters. The van der Waals surface area contributed by atoms with Gasteiger partial charge in [-0.25, -0.2) is 0 Å². The highest BCUT2D eigenvalue weighted by atomic mass is 15.4. The van der Waals surface area contributed by atoms with Gasteiger partial charge in [-0.15, -0.1) is 0 Å². The van der Waals surface area contributed by atoms with Crippen molar-refractivity contribution in [1.29, 1.82) is 5.26 Å². The molecule has 2 heterocycles. The molecule has 0 aliphatic carbocycles. The number of hydrogen-bond donors (Lipinski definition) is 0. The largest absolute Gasteiger partial charge is 0.296 e. The van der Waals surface area contributed by atoms with Gasteiger partial charge in [0.25, 0.3) is 0 Å². The maximum atomic E-state index is 9.50. The van der Waals surface area contributed by atoms with Gasteiger partial charge in [-0.1, -0.05) is 60.7 Å². The summed E-state index contributed by atoms with van der Waals surface area (Å²) in [5.41, 5.74) is 2.74. The van der Waals surface area contributed by atoms with Crippen LogP contribution in [0.3, 0.4) is 0 Å². The molecule has 0 saturated carbocycles. The predicted octanol–water partition coefficient (Wildman–Crippen LogP) is 3.82. The predicted molar refractivity (Wildman–Crippen MR) is 99.7 cm³/mol. The van der Waals surface area contributed by atoms with Crippen LogP contribution in [0, 0.1) is 11.3 Å². The third kappa shape index (κ3) is 3.33. The smallest absolute Gasteiger partial charge is 0.0641 e. The second kappa shape index (κ2) is 7.00. The number of piperazine rings is 1. The normalized spacial score (nSPS) is 26.4. The van der Waals surface area contributed by atoms with Gasteiger partial charge in [0.05, 0.1) is 12.5 Å². The van der Waals surface area contributed by atoms with E-state index >= 15 is 0 Å². The number of hydrogen-bond acceptors (Lipinski definition) is 3. The summed E-state index contributed by atoms with van der Waals surface area (Å²) in [6.07, 6.45) is 2.98. The van der Waals surface area contributed by atoms with Crippen LogP contribution in [0.2, 0.25) is 0 Å². The highest BCUT2D eigenvalue weighted by Gasteiger charge is 2.50. The van der Waals surface area contributed by atoms with Crippen LogP contribution in [0.4, 0.5) is 0 Å². The fourth-order valence-electron chi connectivity index (χ4n) is 4.69. The Morgan fingerprint density at radius 1 is 0.960 bits per heavy atom. The van der Waals surface area contributed by atoms with E-state index < -0.39 is 0 Å². The van der Waals surface area contributed by atoms with Gasteiger partial charge in [-0.05, 0) is 24.0 Å². The van der Waals surface area contributed by atoms with Crippen molar-refractivity contribution in [3.63, 3.8) is 0 Å². The molecule has 4 rings (SSSR count). The van der Waals surface area contributed by atoms with Crippen molar-refractivity contribution in [3.05, 3.63) is 71.8 Å². The molecule has 2 fully saturated rings. The molecule has 0 N–H and O–H groups in total. The number of likely N-dealkylation sites (tertiary alicyclic amines) is 1. The van der Waals surface area contributed by atoms with E-state index in [1.807, 2.05) is 0 Å². The van der Waals surface area contributed by atoms with Crippen molar-refractivity contribution in [2.75, 3.05) is 13.1 Å². The minimum absolute atomic E-state index is 0.0162. The molecule has 2 aromatic carbocycles. The Bertz CT molecular complexity index is 737. The van der Waals surface area contributed by atoms with Gasteiger partial charge in [0, 0.05) is 37.8 Å². The Kier molecular flexibility index (Phi) is 4.57. The first-order valence-electron chi connectivity index (χ1n) is 9.23. The molecule has 2 aliphatic rings. The second-order valence-electron chi connectivity index (χ2n) is 7.52. The number of fused-ring (bicyclic) bond motifs is 2. The zero-order chi connectivity index (χ0) is 17.1. The fraction of sp³-hybridized carbons (Fsp3) is 0.409. The average Bonchev–Trinajstić information content (AvgIpc) is 2.84. The third-order valence-corrected chi connectivity index (χ3v) is 5.83. The van der Waals surface area contributed by atoms with Crippen molar-refractivity contribution < 1.29 is 0 Å². The van der Waals surface area contributed by atoms with E-state index in [-0.39, 0.29) is 5.54 Å². The van der Waals surface area contributed by atoms with E-state index in [4.69, 9.17) is 0 Å². The molecule has 2 bridgehead atoms. The number of nitrogens with zero attached hydrogens (tertiary/aromatic N) is 3. The van der Waals surface area contributed by atoms with Crippen molar-refractivity contribution in [2.24, 2.45) is 0 Å². The number of rotatable bonds is 5. The molecule has 3 heteroatoms. The monoisotopic (exact) mass is 331 g/mol. The van der Waals surface area contributed by atoms with Crippen LogP contribution < -0.4 is 0 Å². The van der Waals surface area contributed by atoms with Gasteiger partial charge in [-0.2, -0.15) is 5.26 Å². The molecule has 2 atom stereocenters. The summed E-state index contributed by atoms with van der Waals surface area (Å²) >= 11 is 0. The second-order valence-corrected chi connectivity index (χ2v) is 7.52. The summed E-state index contributed by atoms with van der Waals surface area (Å²) < 4.78 is 0. The van der Waals surface area contributed by atoms with Crippen LogP contribution in [0.25, 0.3) is 0 Å². The summed E-state index contributed by atoms with van der Waals surface area (Å²) in [6.45, 7) is 4.06. The van der Waals surface area contributed by atoms with Gasteiger partial charge in [0.2, 0.25) is 0 Å². The molecular formula is C22H25N3. The molecule has 0 radical (unpaired) electrons. The first-order valence-corrected chi connectivity index (χ1v) is 9.23. The van der Waals surface area contributed by atoms with Crippen molar-refractivity contribution >= 4 is 0 Å². The quantitative estimate of drug-likeness (QED) is 0.834. The van der Waals surface area contributed by atoms with Crippen LogP contribution in [-0.4, -0.2) is 34.5 Å². The van der Waals surface area contributed by atoms with Crippen molar-refractivity contribution in [2.45, 2.75) is 43.9 Å². The zero-order valence-electron chi connectivity index (χ0n) is 14.6. The van der Waals surface area contributed by atoms with E-state index in [9.17, 15) is 5.26 Å². The molecule has 3 nitrogen and oxygen atoms in total. The molecule has 2 aliphatic heterocycles. The first-order chi connectivity index (χ1) is 12.3. The van der Waals surface area contributed by atoms with Crippen LogP contribution in [0.1, 0.15) is 30.4 Å². The molecule has 0 amide bonds. The van der Waals surface area contributed by atoms with Gasteiger partial charge in [-0.3, -0.25) is 9.80 Å². The average molecular weight is 331 g/mol. The highest BCUT2D eigenvalue weighted by molar-refractivity contribution is 5.20. The summed E-state index contributed by atoms with van der Waals surface area (Å²) in [7, 11) is 0. The lowest BCUT2D eigenvalue weighted by Crippen LogP contribution is -2.60. The van der Waals surface area contributed by atoms with E-state index in [1.165, 1.54) is 17.5 Å². The Hall–Kier alpha value is -2.15.